The number of rotatable bonds is 4. The van der Waals surface area contributed by atoms with Gasteiger partial charge in [-0.25, -0.2) is 43.9 Å². The van der Waals surface area contributed by atoms with Gasteiger partial charge in [0.15, 0.2) is 17.3 Å². The minimum absolute atomic E-state index is 0. The van der Waals surface area contributed by atoms with Crippen LogP contribution in [0, 0.1) is 94.9 Å². The Kier molecular flexibility index (Phi) is 26.1. The number of ketones is 3. The molecule has 0 aliphatic heterocycles. The third-order valence-corrected chi connectivity index (χ3v) is 8.38. The molecule has 73 heavy (non-hydrogen) atoms. The van der Waals surface area contributed by atoms with Crippen LogP contribution in [0.25, 0.3) is 41.7 Å². The van der Waals surface area contributed by atoms with Crippen LogP contribution in [0.1, 0.15) is 40.7 Å². The van der Waals surface area contributed by atoms with Crippen molar-refractivity contribution < 1.29 is 51.7 Å². The van der Waals surface area contributed by atoms with Gasteiger partial charge in [-0.2, -0.15) is 15.8 Å². The Morgan fingerprint density at radius 3 is 1.19 bits per heavy atom. The normalized spacial score (nSPS) is 12.6. The summed E-state index contributed by atoms with van der Waals surface area (Å²) < 4.78 is 75.7. The van der Waals surface area contributed by atoms with Crippen LogP contribution in [0.2, 0.25) is 0 Å². The van der Waals surface area contributed by atoms with E-state index in [9.17, 15) is 37.2 Å². The molecule has 0 spiro atoms. The van der Waals surface area contributed by atoms with E-state index in [0.717, 1.165) is 49.6 Å². The fraction of sp³-hybridized carbons (Fsp3) is 0.0217. The van der Waals surface area contributed by atoms with Crippen molar-refractivity contribution in [2.24, 2.45) is 0 Å². The van der Waals surface area contributed by atoms with Crippen LogP contribution in [0.15, 0.2) is 108 Å². The number of carbonyl (C=O) groups is 3. The monoisotopic (exact) mass is 1080 g/mol. The quantitative estimate of drug-likeness (QED) is 0.0490. The summed E-state index contributed by atoms with van der Waals surface area (Å²) in [5.74, 6) is -4.83. The van der Waals surface area contributed by atoms with Gasteiger partial charge in [-0.1, -0.05) is 42.5 Å². The Morgan fingerprint density at radius 2 is 0.932 bits per heavy atom. The van der Waals surface area contributed by atoms with Gasteiger partial charge in [-0.3, -0.25) is 14.4 Å². The maximum absolute atomic E-state index is 14.1. The first kappa shape index (κ1) is 59.9. The van der Waals surface area contributed by atoms with E-state index in [1.165, 1.54) is 54.6 Å². The Balaban J connectivity index is -0.00000106. The van der Waals surface area contributed by atoms with E-state index in [1.54, 1.807) is 24.3 Å². The van der Waals surface area contributed by atoms with Gasteiger partial charge in [-0.15, -0.1) is 0 Å². The molecule has 4 aromatic carbocycles. The minimum atomic E-state index is -3.11. The van der Waals surface area contributed by atoms with Crippen LogP contribution >= 0.6 is 37.2 Å². The van der Waals surface area contributed by atoms with Crippen molar-refractivity contribution in [3.8, 4) is 24.3 Å². The molecule has 6 rings (SSSR count). The van der Waals surface area contributed by atoms with Gasteiger partial charge in [-0.05, 0) is 82.5 Å². The first-order valence-corrected chi connectivity index (χ1v) is 27.8. The number of hydrogen-bond donors (Lipinski definition) is 0. The third-order valence-electron chi connectivity index (χ3n) is 8.38. The Labute approximate surface area is 451 Å². The van der Waals surface area contributed by atoms with Crippen molar-refractivity contribution in [1.29, 1.82) is 21.0 Å². The number of halogens is 8. The zero-order chi connectivity index (χ0) is 59.6. The Hall–Kier alpha value is -7.44. The molecule has 0 fully saturated rings. The molecule has 0 heterocycles. The van der Waals surface area contributed by atoms with Gasteiger partial charge in [0.1, 0.15) is 41.5 Å². The van der Waals surface area contributed by atoms with Crippen molar-refractivity contribution in [2.75, 3.05) is 6.54 Å². The van der Waals surface area contributed by atoms with Crippen molar-refractivity contribution in [1.82, 2.24) is 0 Å². The van der Waals surface area contributed by atoms with Crippen LogP contribution in [0.3, 0.4) is 0 Å². The third kappa shape index (κ3) is 20.7. The molecule has 0 bridgehead atoms. The standard InChI is InChI=1S/C23H8F2N4O.C20H8F2N2O2.C3H2N2.B4.B3.4ClH.Ti.3H2/c1-28-21-6-5-14(8-20(21)25)17-9-18(22(12-27)29-2)16(10-23(17)30)13-3-4-15(11-26)19(24)7-13;1-24-18-5-4-12(7-17(18)22)15-9-19(25)14(8-20(15)26)11-2-3-13(10-23)16(21)6-11;1-5-3-2-4;1-4(2)3;1-3-2;;;;;;;;/h3-10H;2-9H;3H2;;;4*1H;;3*1H/q;;;;;;;;;+4;;;/p-4/b22-18+;;;;;;;;;;;;/i;;;;;;;;;;2*1+1D;1+1. The van der Waals surface area contributed by atoms with Crippen molar-refractivity contribution in [3.63, 3.8) is 0 Å². The van der Waals surface area contributed by atoms with Crippen LogP contribution < -0.4 is 0 Å². The molecular weight excluding hydrogens is 1050 g/mol. The number of allylic oxidation sites excluding steroid dienone is 10. The summed E-state index contributed by atoms with van der Waals surface area (Å²) in [6.45, 7) is 27.0. The van der Waals surface area contributed by atoms with Crippen LogP contribution in [0.5, 0.6) is 0 Å². The van der Waals surface area contributed by atoms with Crippen LogP contribution in [0.4, 0.5) is 28.9 Å². The van der Waals surface area contributed by atoms with Crippen LogP contribution in [-0.2, 0) is 26.7 Å². The second kappa shape index (κ2) is 31.8. The molecule has 11 radical (unpaired) electrons. The summed E-state index contributed by atoms with van der Waals surface area (Å²) in [6.07, 6.45) is 3.85. The van der Waals surface area contributed by atoms with Gasteiger partial charge in [0.2, 0.25) is 11.4 Å². The molecule has 2 aliphatic rings. The molecule has 0 saturated heterocycles. The number of nitrogens with zero attached hydrogens (tertiary/aromatic N) is 8. The van der Waals surface area contributed by atoms with Crippen molar-refractivity contribution in [2.45, 2.75) is 0 Å². The van der Waals surface area contributed by atoms with Crippen molar-refractivity contribution in [3.05, 3.63) is 211 Å². The van der Waals surface area contributed by atoms with Gasteiger partial charge >= 0.3 is 49.6 Å². The van der Waals surface area contributed by atoms with Gasteiger partial charge < -0.3 is 4.85 Å². The van der Waals surface area contributed by atoms with E-state index in [-0.39, 0.29) is 86.3 Å². The predicted molar refractivity (Wildman–Crippen MR) is 281 cm³/mol. The molecule has 11 nitrogen and oxygen atoms in total. The van der Waals surface area contributed by atoms with Crippen LogP contribution in [-0.4, -0.2) is 76.0 Å². The van der Waals surface area contributed by atoms with E-state index >= 15 is 0 Å². The van der Waals surface area contributed by atoms with Gasteiger partial charge in [0, 0.05) is 81.8 Å². The number of hydrogen-bond acceptors (Lipinski definition) is 7. The number of carbonyl (C=O) groups excluding carboxylic acids is 3. The first-order valence-electron chi connectivity index (χ1n) is 21.2. The molecule has 0 atom stereocenters. The topological polar surface area (TPSA) is 164 Å². The summed E-state index contributed by atoms with van der Waals surface area (Å²) in [6, 6.07) is 21.3. The second-order valence-electron chi connectivity index (χ2n) is 13.2. The average molecular weight is 1080 g/mol. The molecule has 0 aromatic heterocycles. The summed E-state index contributed by atoms with van der Waals surface area (Å²) in [7, 11) is 44.1. The van der Waals surface area contributed by atoms with E-state index < -0.39 is 59.3 Å². The molecule has 2 aliphatic carbocycles. The van der Waals surface area contributed by atoms with E-state index in [4.69, 9.17) is 85.2 Å². The number of benzene rings is 4. The predicted octanol–water partition coefficient (Wildman–Crippen LogP) is 10.4. The first-order chi connectivity index (χ1) is 36.4. The Morgan fingerprint density at radius 1 is 0.616 bits per heavy atom. The second-order valence-corrected chi connectivity index (χ2v) is 28.6. The molecule has 0 unspecified atom stereocenters. The molecular formula is C46H24B7Cl4F4N8O3Ti. The molecule has 0 N–H and O–H groups in total. The summed E-state index contributed by atoms with van der Waals surface area (Å²) in [5, 5.41) is 34.6. The fourth-order valence-corrected chi connectivity index (χ4v) is 5.51. The van der Waals surface area contributed by atoms with E-state index in [0.29, 0.717) is 0 Å². The molecule has 27 heteroatoms. The average Bonchev–Trinajstić information content (AvgIpc) is 3.39. The zero-order valence-corrected chi connectivity index (χ0v) is 41.4. The SMILES string of the molecule is [2HH].[2H][2H].[2H][2H].[B]B([B])[B].[B][B][B].[C-]#[N+]/C(C#N)=C1\C=C(c2ccc([N+]#[C-])c(F)c2)C(=O)C=C1c1ccc(C#N)c(F)c1.[C-]#[N+]CC#N.[C-]#[N+]c1ccc(C2=CC(=O)C(c3ccc(C#N)c(F)c3)=CC2=O)cc1F.[Cl][Ti]([Cl])([Cl])[Cl]. The Bertz CT molecular complexity index is 3240. The summed E-state index contributed by atoms with van der Waals surface area (Å²) >= 11 is -3.11. The van der Waals surface area contributed by atoms with Gasteiger partial charge in [0.25, 0.3) is 12.2 Å². The molecule has 0 amide bonds. The van der Waals surface area contributed by atoms with E-state index in [2.05, 4.69) is 58.1 Å². The summed E-state index contributed by atoms with van der Waals surface area (Å²) in [4.78, 5) is 49.4. The number of nitriles is 4. The van der Waals surface area contributed by atoms with Crippen molar-refractivity contribution >= 4 is 140 Å². The maximum atomic E-state index is 14.1. The fourth-order valence-electron chi connectivity index (χ4n) is 5.51. The molecule has 347 valence electrons. The molecule has 4 aromatic rings. The summed E-state index contributed by atoms with van der Waals surface area (Å²) in [5.41, 5.74) is -0.164. The van der Waals surface area contributed by atoms with E-state index in [1.807, 2.05) is 0 Å². The molecule has 0 saturated carbocycles. The van der Waals surface area contributed by atoms with Gasteiger partial charge in [0.05, 0.1) is 36.9 Å². The zero-order valence-electron chi connectivity index (χ0n) is 40.8.